The highest BCUT2D eigenvalue weighted by Crippen LogP contribution is 2.38. The highest BCUT2D eigenvalue weighted by atomic mass is 16.6. The number of carbonyl (C=O) groups excluding carboxylic acids is 1. The molecule has 1 aliphatic heterocycles. The van der Waals surface area contributed by atoms with Crippen LogP contribution in [0.15, 0.2) is 55.1 Å². The molecule has 0 bridgehead atoms. The third kappa shape index (κ3) is 4.02. The number of nitrogens with one attached hydrogen (secondary N) is 1. The van der Waals surface area contributed by atoms with Crippen LogP contribution in [0.5, 0.6) is 0 Å². The zero-order chi connectivity index (χ0) is 24.7. The van der Waals surface area contributed by atoms with Crippen molar-refractivity contribution in [2.45, 2.75) is 30.6 Å². The van der Waals surface area contributed by atoms with Crippen LogP contribution >= 0.6 is 0 Å². The molecule has 0 aliphatic carbocycles. The van der Waals surface area contributed by atoms with Crippen LogP contribution in [-0.2, 0) is 16.6 Å². The van der Waals surface area contributed by atoms with Gasteiger partial charge in [0, 0.05) is 25.0 Å². The van der Waals surface area contributed by atoms with E-state index in [4.69, 9.17) is 10.5 Å². The Balaban J connectivity index is 1.46. The lowest BCUT2D eigenvalue weighted by molar-refractivity contribution is -0.138. The second-order valence-corrected chi connectivity index (χ2v) is 8.37. The first-order valence-corrected chi connectivity index (χ1v) is 11.0. The zero-order valence-electron chi connectivity index (χ0n) is 18.8. The lowest BCUT2D eigenvalue weighted by Gasteiger charge is -2.20. The van der Waals surface area contributed by atoms with Crippen molar-refractivity contribution in [3.05, 3.63) is 60.7 Å². The smallest absolute Gasteiger partial charge is 0.252 e. The third-order valence-electron chi connectivity index (χ3n) is 6.10. The van der Waals surface area contributed by atoms with E-state index in [1.165, 1.54) is 10.9 Å². The second kappa shape index (κ2) is 9.07. The molecule has 3 aromatic heterocycles. The molecule has 1 aromatic carbocycles. The van der Waals surface area contributed by atoms with Crippen molar-refractivity contribution in [2.75, 3.05) is 12.3 Å². The second-order valence-electron chi connectivity index (χ2n) is 8.37. The molecule has 4 heterocycles. The van der Waals surface area contributed by atoms with Crippen molar-refractivity contribution in [3.8, 4) is 11.3 Å². The number of benzene rings is 1. The van der Waals surface area contributed by atoms with Gasteiger partial charge in [-0.15, -0.1) is 0 Å². The Morgan fingerprint density at radius 2 is 1.97 bits per heavy atom. The van der Waals surface area contributed by atoms with Crippen LogP contribution in [0.4, 0.5) is 5.82 Å². The van der Waals surface area contributed by atoms with E-state index in [9.17, 15) is 20.1 Å². The minimum absolute atomic E-state index is 0.213. The van der Waals surface area contributed by atoms with Gasteiger partial charge in [0.15, 0.2) is 12.3 Å². The fourth-order valence-electron chi connectivity index (χ4n) is 4.33. The van der Waals surface area contributed by atoms with Gasteiger partial charge in [0.05, 0.1) is 23.7 Å². The van der Waals surface area contributed by atoms with E-state index < -0.39 is 36.5 Å². The van der Waals surface area contributed by atoms with Crippen molar-refractivity contribution >= 4 is 22.8 Å². The van der Waals surface area contributed by atoms with Crippen molar-refractivity contribution < 1.29 is 24.9 Å². The van der Waals surface area contributed by atoms with Crippen molar-refractivity contribution in [1.82, 2.24) is 29.6 Å². The highest BCUT2D eigenvalue weighted by molar-refractivity contribution is 5.99. The first-order chi connectivity index (χ1) is 16.9. The van der Waals surface area contributed by atoms with Crippen LogP contribution < -0.4 is 11.1 Å². The number of nitrogens with two attached hydrogens (primary N) is 1. The topological polar surface area (TPSA) is 174 Å². The van der Waals surface area contributed by atoms with Crippen LogP contribution in [0, 0.1) is 0 Å². The van der Waals surface area contributed by atoms with Crippen molar-refractivity contribution in [3.63, 3.8) is 0 Å². The number of amides is 1. The Kier molecular flexibility index (Phi) is 5.94. The average molecular weight is 479 g/mol. The molecule has 5 atom stereocenters. The van der Waals surface area contributed by atoms with E-state index in [1.807, 2.05) is 6.07 Å². The molecule has 1 amide bonds. The first kappa shape index (κ1) is 22.9. The minimum atomic E-state index is -1.52. The molecule has 0 saturated carbocycles. The summed E-state index contributed by atoms with van der Waals surface area (Å²) in [5, 5.41) is 38.9. The summed E-state index contributed by atoms with van der Waals surface area (Å²) in [4.78, 5) is 21.3. The van der Waals surface area contributed by atoms with E-state index in [0.717, 1.165) is 0 Å². The maximum atomic E-state index is 13.0. The van der Waals surface area contributed by atoms with Gasteiger partial charge in [0.25, 0.3) is 5.91 Å². The van der Waals surface area contributed by atoms with Crippen LogP contribution in [0.1, 0.15) is 17.8 Å². The maximum absolute atomic E-state index is 13.0. The van der Waals surface area contributed by atoms with Gasteiger partial charge in [-0.25, -0.2) is 9.97 Å². The molecule has 0 unspecified atom stereocenters. The maximum Gasteiger partial charge on any atom is 0.252 e. The van der Waals surface area contributed by atoms with Gasteiger partial charge < -0.3 is 35.7 Å². The zero-order valence-corrected chi connectivity index (χ0v) is 18.8. The van der Waals surface area contributed by atoms with Crippen LogP contribution in [0.25, 0.3) is 22.3 Å². The molecule has 35 heavy (non-hydrogen) atoms. The number of fused-ring (bicyclic) bond motifs is 1. The predicted molar refractivity (Wildman–Crippen MR) is 124 cm³/mol. The summed E-state index contributed by atoms with van der Waals surface area (Å²) in [7, 11) is 1.78. The molecule has 5 rings (SSSR count). The quantitative estimate of drug-likeness (QED) is 0.253. The average Bonchev–Trinajstić information content (AvgIpc) is 3.54. The molecular weight excluding hydrogens is 454 g/mol. The number of carbonyl (C=O) groups is 1. The molecule has 6 N–H and O–H groups in total. The molecule has 1 saturated heterocycles. The number of nitrogens with zero attached hydrogens (tertiary/aromatic N) is 5. The lowest BCUT2D eigenvalue weighted by Crippen LogP contribution is -2.44. The summed E-state index contributed by atoms with van der Waals surface area (Å²) in [6, 6.07) is 10.0. The summed E-state index contributed by atoms with van der Waals surface area (Å²) in [5.41, 5.74) is 8.40. The molecule has 0 spiro atoms. The van der Waals surface area contributed by atoms with Gasteiger partial charge in [-0.05, 0) is 11.6 Å². The molecule has 182 valence electrons. The normalized spacial score (nSPS) is 23.0. The largest absolute Gasteiger partial charge is 0.394 e. The molecular formula is C23H25N7O5. The van der Waals surface area contributed by atoms with E-state index in [0.29, 0.717) is 27.9 Å². The SMILES string of the molecule is Cn1ccc(-c2cn([C@@H]3O[C@H](C(=O)N[C@@H](CO)c4ccccc4)[C@@H](O)[C@H]3O)c3ncnc(N)c23)n1. The number of aryl methyl sites for hydroxylation is 1. The Bertz CT molecular complexity index is 1360. The summed E-state index contributed by atoms with van der Waals surface area (Å²) >= 11 is 0. The summed E-state index contributed by atoms with van der Waals surface area (Å²) in [6.45, 7) is -0.351. The van der Waals surface area contributed by atoms with Gasteiger partial charge in [0.1, 0.15) is 30.0 Å². The number of rotatable bonds is 6. The van der Waals surface area contributed by atoms with E-state index in [-0.39, 0.29) is 12.4 Å². The minimum Gasteiger partial charge on any atom is -0.394 e. The predicted octanol–water partition coefficient (Wildman–Crippen LogP) is -0.117. The standard InChI is InChI=1S/C23H25N7O5/c1-29-8-7-14(28-29)13-9-30(21-16(13)20(24)25-11-26-21)23-18(33)17(32)19(35-23)22(34)27-15(10-31)12-5-3-2-4-6-12/h2-9,11,15,17-19,23,31-33H,10H2,1H3,(H,27,34)(H2,24,25,26)/t15-,17-,18+,19-,23+/m0/s1. The van der Waals surface area contributed by atoms with Gasteiger partial charge in [-0.2, -0.15) is 5.10 Å². The number of aliphatic hydroxyl groups is 3. The fraction of sp³-hybridized carbons (Fsp3) is 0.304. The Hall–Kier alpha value is -3.84. The number of anilines is 1. The summed E-state index contributed by atoms with van der Waals surface area (Å²) < 4.78 is 9.01. The number of aliphatic hydroxyl groups excluding tert-OH is 3. The van der Waals surface area contributed by atoms with Gasteiger partial charge in [-0.1, -0.05) is 30.3 Å². The van der Waals surface area contributed by atoms with Gasteiger partial charge >= 0.3 is 0 Å². The lowest BCUT2D eigenvalue weighted by atomic mass is 10.1. The summed E-state index contributed by atoms with van der Waals surface area (Å²) in [5.74, 6) is -0.456. The Morgan fingerprint density at radius 1 is 1.20 bits per heavy atom. The van der Waals surface area contributed by atoms with Gasteiger partial charge in [-0.3, -0.25) is 9.48 Å². The molecule has 12 heteroatoms. The molecule has 0 radical (unpaired) electrons. The first-order valence-electron chi connectivity index (χ1n) is 11.0. The van der Waals surface area contributed by atoms with Crippen LogP contribution in [-0.4, -0.2) is 70.5 Å². The van der Waals surface area contributed by atoms with Gasteiger partial charge in [0.2, 0.25) is 0 Å². The van der Waals surface area contributed by atoms with E-state index in [1.54, 1.807) is 54.5 Å². The number of hydrogen-bond acceptors (Lipinski definition) is 9. The monoisotopic (exact) mass is 479 g/mol. The van der Waals surface area contributed by atoms with Crippen molar-refractivity contribution in [1.29, 1.82) is 0 Å². The molecule has 1 aliphatic rings. The van der Waals surface area contributed by atoms with Crippen LogP contribution in [0.2, 0.25) is 0 Å². The third-order valence-corrected chi connectivity index (χ3v) is 6.10. The Morgan fingerprint density at radius 3 is 2.66 bits per heavy atom. The number of ether oxygens (including phenoxy) is 1. The van der Waals surface area contributed by atoms with Crippen LogP contribution in [0.3, 0.4) is 0 Å². The number of aromatic nitrogens is 5. The summed E-state index contributed by atoms with van der Waals surface area (Å²) in [6.07, 6.45) is -0.789. The fourth-order valence-corrected chi connectivity index (χ4v) is 4.33. The molecule has 4 aromatic rings. The number of nitrogen functional groups attached to an aromatic ring is 1. The molecule has 12 nitrogen and oxygen atoms in total. The molecule has 1 fully saturated rings. The number of hydrogen-bond donors (Lipinski definition) is 5. The van der Waals surface area contributed by atoms with E-state index in [2.05, 4.69) is 20.4 Å². The highest BCUT2D eigenvalue weighted by Gasteiger charge is 2.48. The Labute approximate surface area is 199 Å². The van der Waals surface area contributed by atoms with E-state index >= 15 is 0 Å². The van der Waals surface area contributed by atoms with Crippen molar-refractivity contribution in [2.24, 2.45) is 7.05 Å².